The Morgan fingerprint density at radius 1 is 1.07 bits per heavy atom. The number of hydrogen-bond donors (Lipinski definition) is 2. The molecule has 3 heterocycles. The average Bonchev–Trinajstić information content (AvgIpc) is 3.13. The van der Waals surface area contributed by atoms with Crippen LogP contribution in [-0.2, 0) is 13.6 Å². The third-order valence-electron chi connectivity index (χ3n) is 6.10. The second kappa shape index (κ2) is 7.14. The van der Waals surface area contributed by atoms with Crippen LogP contribution in [0.3, 0.4) is 0 Å². The molecule has 0 amide bonds. The number of benzene rings is 2. The summed E-state index contributed by atoms with van der Waals surface area (Å²) in [4.78, 5) is 35.9. The minimum absolute atomic E-state index is 0.396. The molecular formula is C22H25N6O2+. The molecule has 0 atom stereocenters. The van der Waals surface area contributed by atoms with E-state index in [9.17, 15) is 9.59 Å². The van der Waals surface area contributed by atoms with Gasteiger partial charge in [-0.3, -0.25) is 18.9 Å². The number of hydrogen-bond acceptors (Lipinski definition) is 4. The lowest BCUT2D eigenvalue weighted by molar-refractivity contribution is -0.880. The molecule has 1 fully saturated rings. The van der Waals surface area contributed by atoms with Crippen molar-refractivity contribution in [1.29, 1.82) is 0 Å². The van der Waals surface area contributed by atoms with Crippen molar-refractivity contribution in [3.05, 3.63) is 68.9 Å². The number of nitrogens with zero attached hydrogens (tertiary/aromatic N) is 4. The van der Waals surface area contributed by atoms with Gasteiger partial charge < -0.3 is 9.80 Å². The fourth-order valence-corrected chi connectivity index (χ4v) is 4.30. The van der Waals surface area contributed by atoms with E-state index in [0.717, 1.165) is 48.5 Å². The third kappa shape index (κ3) is 3.00. The van der Waals surface area contributed by atoms with Crippen molar-refractivity contribution in [2.45, 2.75) is 6.54 Å². The molecule has 1 aliphatic heterocycles. The number of quaternary nitrogens is 1. The molecule has 0 bridgehead atoms. The summed E-state index contributed by atoms with van der Waals surface area (Å²) in [6.45, 7) is 4.24. The van der Waals surface area contributed by atoms with Crippen molar-refractivity contribution < 1.29 is 4.90 Å². The maximum atomic E-state index is 12.8. The molecule has 1 aliphatic rings. The number of aryl methyl sites for hydroxylation is 1. The fourth-order valence-electron chi connectivity index (χ4n) is 4.30. The highest BCUT2D eigenvalue weighted by atomic mass is 16.2. The number of piperazine rings is 1. The Morgan fingerprint density at radius 3 is 2.60 bits per heavy atom. The molecule has 1 saturated heterocycles. The van der Waals surface area contributed by atoms with Gasteiger partial charge in [-0.1, -0.05) is 42.5 Å². The summed E-state index contributed by atoms with van der Waals surface area (Å²) < 4.78 is 3.39. The Hall–Kier alpha value is -3.39. The Kier molecular flexibility index (Phi) is 4.43. The van der Waals surface area contributed by atoms with Gasteiger partial charge in [0.25, 0.3) is 5.56 Å². The summed E-state index contributed by atoms with van der Waals surface area (Å²) in [5.41, 5.74) is 1.13. The normalized spacial score (nSPS) is 15.3. The summed E-state index contributed by atoms with van der Waals surface area (Å²) >= 11 is 0. The Bertz CT molecular complexity index is 1350. The lowest BCUT2D eigenvalue weighted by atomic mass is 10.0. The third-order valence-corrected chi connectivity index (χ3v) is 6.10. The number of anilines is 1. The van der Waals surface area contributed by atoms with Crippen LogP contribution in [0.5, 0.6) is 0 Å². The van der Waals surface area contributed by atoms with Crippen LogP contribution in [0.25, 0.3) is 21.9 Å². The minimum atomic E-state index is -0.448. The standard InChI is InChI=1S/C22H24N6O2/c1-25-10-12-27(13-11-25)21-23-19-18(20(29)24-22(30)26(19)2)28(21)14-16-8-5-7-15-6-3-4-9-17(15)16/h3-9H,10-14H2,1-2H3,(H,24,29,30)/p+1. The van der Waals surface area contributed by atoms with Crippen LogP contribution in [0.1, 0.15) is 5.56 Å². The molecule has 2 aromatic carbocycles. The van der Waals surface area contributed by atoms with Crippen LogP contribution in [0.15, 0.2) is 52.1 Å². The number of imidazole rings is 1. The van der Waals surface area contributed by atoms with Crippen molar-refractivity contribution in [2.24, 2.45) is 7.05 Å². The molecule has 0 radical (unpaired) electrons. The van der Waals surface area contributed by atoms with Gasteiger partial charge in [0.1, 0.15) is 0 Å². The highest BCUT2D eigenvalue weighted by Gasteiger charge is 2.25. The van der Waals surface area contributed by atoms with Crippen molar-refractivity contribution in [3.63, 3.8) is 0 Å². The van der Waals surface area contributed by atoms with E-state index < -0.39 is 11.2 Å². The highest BCUT2D eigenvalue weighted by Crippen LogP contribution is 2.25. The molecule has 8 nitrogen and oxygen atoms in total. The molecular weight excluding hydrogens is 380 g/mol. The molecule has 30 heavy (non-hydrogen) atoms. The summed E-state index contributed by atoms with van der Waals surface area (Å²) in [7, 11) is 3.83. The number of fused-ring (bicyclic) bond motifs is 2. The lowest BCUT2D eigenvalue weighted by Crippen LogP contribution is -3.12. The van der Waals surface area contributed by atoms with E-state index in [0.29, 0.717) is 17.7 Å². The fraction of sp³-hybridized carbons (Fsp3) is 0.318. The summed E-state index contributed by atoms with van der Waals surface area (Å²) in [6, 6.07) is 14.5. The first-order valence-electron chi connectivity index (χ1n) is 10.3. The van der Waals surface area contributed by atoms with E-state index in [2.05, 4.69) is 41.2 Å². The zero-order valence-electron chi connectivity index (χ0n) is 17.2. The predicted octanol–water partition coefficient (Wildman–Crippen LogP) is -0.0405. The van der Waals surface area contributed by atoms with E-state index in [-0.39, 0.29) is 0 Å². The van der Waals surface area contributed by atoms with Crippen LogP contribution in [0.4, 0.5) is 5.95 Å². The molecule has 5 rings (SSSR count). The molecule has 8 heteroatoms. The van der Waals surface area contributed by atoms with Crippen molar-refractivity contribution in [3.8, 4) is 0 Å². The second-order valence-corrected chi connectivity index (χ2v) is 8.07. The van der Waals surface area contributed by atoms with Crippen LogP contribution >= 0.6 is 0 Å². The van der Waals surface area contributed by atoms with E-state index >= 15 is 0 Å². The number of nitrogens with one attached hydrogen (secondary N) is 2. The maximum absolute atomic E-state index is 12.8. The Labute approximate surface area is 173 Å². The van der Waals surface area contributed by atoms with E-state index in [1.165, 1.54) is 9.47 Å². The molecule has 154 valence electrons. The van der Waals surface area contributed by atoms with Gasteiger partial charge in [-0.15, -0.1) is 0 Å². The van der Waals surface area contributed by atoms with Gasteiger partial charge in [0, 0.05) is 7.05 Å². The van der Waals surface area contributed by atoms with Crippen LogP contribution in [-0.4, -0.2) is 52.3 Å². The molecule has 0 spiro atoms. The van der Waals surface area contributed by atoms with E-state index in [4.69, 9.17) is 4.98 Å². The van der Waals surface area contributed by atoms with Crippen LogP contribution in [0.2, 0.25) is 0 Å². The van der Waals surface area contributed by atoms with Crippen molar-refractivity contribution in [2.75, 3.05) is 38.1 Å². The van der Waals surface area contributed by atoms with Gasteiger partial charge in [-0.05, 0) is 16.3 Å². The number of H-pyrrole nitrogens is 1. The van der Waals surface area contributed by atoms with Gasteiger partial charge in [0.05, 0.1) is 39.8 Å². The topological polar surface area (TPSA) is 80.4 Å². The quantitative estimate of drug-likeness (QED) is 0.501. The van der Waals surface area contributed by atoms with Crippen LogP contribution < -0.4 is 21.0 Å². The zero-order valence-corrected chi connectivity index (χ0v) is 17.2. The number of aromatic amines is 1. The van der Waals surface area contributed by atoms with Crippen molar-refractivity contribution in [1.82, 2.24) is 19.1 Å². The van der Waals surface area contributed by atoms with Gasteiger partial charge >= 0.3 is 5.69 Å². The second-order valence-electron chi connectivity index (χ2n) is 8.07. The minimum Gasteiger partial charge on any atom is -0.334 e. The largest absolute Gasteiger partial charge is 0.334 e. The first kappa shape index (κ1) is 18.6. The van der Waals surface area contributed by atoms with Crippen LogP contribution in [0, 0.1) is 0 Å². The predicted molar refractivity (Wildman–Crippen MR) is 117 cm³/mol. The average molecular weight is 405 g/mol. The van der Waals surface area contributed by atoms with E-state index in [1.807, 2.05) is 22.8 Å². The van der Waals surface area contributed by atoms with Crippen molar-refractivity contribution >= 4 is 27.9 Å². The first-order valence-corrected chi connectivity index (χ1v) is 10.3. The Morgan fingerprint density at radius 2 is 1.80 bits per heavy atom. The summed E-state index contributed by atoms with van der Waals surface area (Å²) in [5.74, 6) is 0.747. The number of rotatable bonds is 3. The SMILES string of the molecule is Cn1c(=O)[nH]c(=O)c2c1nc(N1CC[NH+](C)CC1)n2Cc1cccc2ccccc12. The van der Waals surface area contributed by atoms with Gasteiger partial charge in [0.2, 0.25) is 5.95 Å². The van der Waals surface area contributed by atoms with Gasteiger partial charge in [-0.25, -0.2) is 4.79 Å². The molecule has 0 unspecified atom stereocenters. The molecule has 0 aliphatic carbocycles. The maximum Gasteiger partial charge on any atom is 0.329 e. The lowest BCUT2D eigenvalue weighted by Gasteiger charge is -2.31. The smallest absolute Gasteiger partial charge is 0.329 e. The highest BCUT2D eigenvalue weighted by molar-refractivity contribution is 5.86. The van der Waals surface area contributed by atoms with Gasteiger partial charge in [0.15, 0.2) is 11.2 Å². The number of likely N-dealkylation sites (N-methyl/N-ethyl adjacent to an activating group) is 1. The molecule has 4 aromatic rings. The van der Waals surface area contributed by atoms with E-state index in [1.54, 1.807) is 7.05 Å². The number of aromatic nitrogens is 4. The Balaban J connectivity index is 1.73. The first-order chi connectivity index (χ1) is 14.5. The molecule has 0 saturated carbocycles. The monoisotopic (exact) mass is 405 g/mol. The molecule has 2 N–H and O–H groups in total. The summed E-state index contributed by atoms with van der Waals surface area (Å²) in [5, 5.41) is 2.31. The zero-order chi connectivity index (χ0) is 20.8. The molecule has 2 aromatic heterocycles. The van der Waals surface area contributed by atoms with Gasteiger partial charge in [-0.2, -0.15) is 4.98 Å². The summed E-state index contributed by atoms with van der Waals surface area (Å²) in [6.07, 6.45) is 0.